The fraction of sp³-hybridized carbons (Fsp3) is 0.955. The van der Waals surface area contributed by atoms with Crippen molar-refractivity contribution in [2.24, 2.45) is 5.92 Å². The van der Waals surface area contributed by atoms with Gasteiger partial charge in [0, 0.05) is 25.7 Å². The third-order valence-electron chi connectivity index (χ3n) is 21.1. The third kappa shape index (κ3) is 80.5. The Labute approximate surface area is 658 Å². The number of ether oxygens (including phenoxy) is 4. The average molecular weight is 1560 g/mol. The molecule has 0 rings (SSSR count). The predicted octanol–water partition coefficient (Wildman–Crippen LogP) is 27.2. The van der Waals surface area contributed by atoms with Crippen LogP contribution in [-0.2, 0) is 65.4 Å². The molecule has 3 unspecified atom stereocenters. The number of carbonyl (C=O) groups is 4. The zero-order chi connectivity index (χ0) is 78.3. The number of unbranched alkanes of at least 4 members (excludes halogenated alkanes) is 59. The second-order valence-electron chi connectivity index (χ2n) is 31.9. The van der Waals surface area contributed by atoms with Crippen LogP contribution in [-0.4, -0.2) is 96.7 Å². The molecule has 0 bridgehead atoms. The van der Waals surface area contributed by atoms with Crippen LogP contribution in [0.4, 0.5) is 0 Å². The molecule has 0 saturated heterocycles. The molecule has 0 saturated carbocycles. The van der Waals surface area contributed by atoms with Gasteiger partial charge in [0.1, 0.15) is 19.3 Å². The van der Waals surface area contributed by atoms with Gasteiger partial charge in [-0.3, -0.25) is 37.3 Å². The van der Waals surface area contributed by atoms with Crippen molar-refractivity contribution < 1.29 is 80.2 Å². The summed E-state index contributed by atoms with van der Waals surface area (Å²) in [5.74, 6) is -1.25. The Morgan fingerprint density at radius 2 is 0.449 bits per heavy atom. The first-order valence-electron chi connectivity index (χ1n) is 45.7. The van der Waals surface area contributed by atoms with Gasteiger partial charge in [0.25, 0.3) is 0 Å². The van der Waals surface area contributed by atoms with Gasteiger partial charge in [-0.2, -0.15) is 0 Å². The topological polar surface area (TPSA) is 237 Å². The van der Waals surface area contributed by atoms with Crippen molar-refractivity contribution >= 4 is 39.5 Å². The van der Waals surface area contributed by atoms with Crippen molar-refractivity contribution in [3.8, 4) is 0 Å². The van der Waals surface area contributed by atoms with Crippen LogP contribution in [0.2, 0.25) is 0 Å². The maximum Gasteiger partial charge on any atom is 0.472 e. The zero-order valence-corrected chi connectivity index (χ0v) is 72.1. The highest BCUT2D eigenvalue weighted by atomic mass is 31.2. The highest BCUT2D eigenvalue weighted by Crippen LogP contribution is 2.45. The van der Waals surface area contributed by atoms with Gasteiger partial charge in [0.05, 0.1) is 26.4 Å². The van der Waals surface area contributed by atoms with Crippen LogP contribution < -0.4 is 0 Å². The van der Waals surface area contributed by atoms with E-state index in [0.717, 1.165) is 95.8 Å². The smallest absolute Gasteiger partial charge is 0.462 e. The van der Waals surface area contributed by atoms with E-state index in [-0.39, 0.29) is 25.7 Å². The molecule has 0 aliphatic heterocycles. The minimum Gasteiger partial charge on any atom is -0.462 e. The predicted molar refractivity (Wildman–Crippen MR) is 442 cm³/mol. The standard InChI is InChI=1S/C88H172O17P2/c1-6-10-13-16-19-22-25-28-30-31-32-33-34-35-36-37-44-49-54-59-64-69-74-88(93)105-84(78-99-86(91)72-67-62-57-52-47-43-39-38-41-45-50-55-60-65-70-81(5)9-4)80-103-107(96,97)101-76-82(89)75-100-106(94,95)102-79-83(77-98-85(90)71-66-61-56-51-46-40-27-24-21-18-15-12-8-3)104-87(92)73-68-63-58-53-48-42-29-26-23-20-17-14-11-7-2/h81-84,89H,6-80H2,1-5H3,(H,94,95)(H,96,97)/t81?,82-,83+,84+/m0/s1. The van der Waals surface area contributed by atoms with Crippen LogP contribution in [0.25, 0.3) is 0 Å². The lowest BCUT2D eigenvalue weighted by atomic mass is 9.99. The number of carbonyl (C=O) groups excluding carboxylic acids is 4. The van der Waals surface area contributed by atoms with Gasteiger partial charge in [0.2, 0.25) is 0 Å². The molecule has 0 aromatic rings. The molecular formula is C88H172O17P2. The first kappa shape index (κ1) is 105. The lowest BCUT2D eigenvalue weighted by Crippen LogP contribution is -2.30. The number of aliphatic hydroxyl groups is 1. The molecule has 0 aliphatic carbocycles. The van der Waals surface area contributed by atoms with E-state index in [9.17, 15) is 43.2 Å². The van der Waals surface area contributed by atoms with Crippen molar-refractivity contribution in [1.29, 1.82) is 0 Å². The van der Waals surface area contributed by atoms with E-state index in [1.54, 1.807) is 0 Å². The fourth-order valence-corrected chi connectivity index (χ4v) is 15.4. The van der Waals surface area contributed by atoms with Crippen LogP contribution in [0.5, 0.6) is 0 Å². The lowest BCUT2D eigenvalue weighted by Gasteiger charge is -2.21. The van der Waals surface area contributed by atoms with Gasteiger partial charge >= 0.3 is 39.5 Å². The molecule has 6 atom stereocenters. The summed E-state index contributed by atoms with van der Waals surface area (Å²) in [4.78, 5) is 73.3. The van der Waals surface area contributed by atoms with Crippen LogP contribution in [0.1, 0.15) is 478 Å². The Kier molecular flexibility index (Phi) is 79.2. The van der Waals surface area contributed by atoms with Gasteiger partial charge < -0.3 is 33.8 Å². The van der Waals surface area contributed by atoms with Gasteiger partial charge in [-0.15, -0.1) is 0 Å². The summed E-state index contributed by atoms with van der Waals surface area (Å²) in [6, 6.07) is 0. The Morgan fingerprint density at radius 3 is 0.664 bits per heavy atom. The highest BCUT2D eigenvalue weighted by molar-refractivity contribution is 7.47. The maximum absolute atomic E-state index is 13.2. The van der Waals surface area contributed by atoms with E-state index >= 15 is 0 Å². The summed E-state index contributed by atoms with van der Waals surface area (Å²) >= 11 is 0. The number of esters is 4. The number of aliphatic hydroxyl groups excluding tert-OH is 1. The molecular weight excluding hydrogens is 1390 g/mol. The van der Waals surface area contributed by atoms with Crippen LogP contribution in [0.15, 0.2) is 0 Å². The second kappa shape index (κ2) is 80.7. The largest absolute Gasteiger partial charge is 0.472 e. The monoisotopic (exact) mass is 1560 g/mol. The van der Waals surface area contributed by atoms with Crippen molar-refractivity contribution in [3.63, 3.8) is 0 Å². The number of rotatable bonds is 88. The number of hydrogen-bond acceptors (Lipinski definition) is 15. The summed E-state index contributed by atoms with van der Waals surface area (Å²) in [5, 5.41) is 10.7. The summed E-state index contributed by atoms with van der Waals surface area (Å²) in [6.07, 6.45) is 74.9. The quantitative estimate of drug-likeness (QED) is 0.0222. The Bertz CT molecular complexity index is 2030. The normalized spacial score (nSPS) is 14.0. The molecule has 0 heterocycles. The molecule has 3 N–H and O–H groups in total. The van der Waals surface area contributed by atoms with E-state index in [1.807, 2.05) is 0 Å². The molecule has 0 aromatic heterocycles. The maximum atomic E-state index is 13.2. The molecule has 17 nitrogen and oxygen atoms in total. The van der Waals surface area contributed by atoms with Crippen molar-refractivity contribution in [3.05, 3.63) is 0 Å². The molecule has 107 heavy (non-hydrogen) atoms. The van der Waals surface area contributed by atoms with Crippen molar-refractivity contribution in [1.82, 2.24) is 0 Å². The minimum absolute atomic E-state index is 0.109. The molecule has 0 aliphatic rings. The van der Waals surface area contributed by atoms with Gasteiger partial charge in [-0.25, -0.2) is 9.13 Å². The SMILES string of the molecule is CCCCCCCCCCCCCCCCCCCCCCCCC(=O)O[C@H](COC(=O)CCCCCCCCCCCCCCCCC(C)CC)COP(=O)(O)OC[C@@H](O)COP(=O)(O)OC[C@@H](COC(=O)CCCCCCCCCCCCCCC)OC(=O)CCCCCCCCCCCCCCCC. The van der Waals surface area contributed by atoms with E-state index < -0.39 is 97.5 Å². The molecule has 0 fully saturated rings. The van der Waals surface area contributed by atoms with E-state index in [1.165, 1.54) is 302 Å². The summed E-state index contributed by atoms with van der Waals surface area (Å²) in [7, 11) is -9.93. The molecule has 0 aromatic carbocycles. The first-order chi connectivity index (χ1) is 52.1. The van der Waals surface area contributed by atoms with E-state index in [2.05, 4.69) is 34.6 Å². The Morgan fingerprint density at radius 1 is 0.262 bits per heavy atom. The van der Waals surface area contributed by atoms with Crippen LogP contribution >= 0.6 is 15.6 Å². The summed E-state index contributed by atoms with van der Waals surface area (Å²) in [5.41, 5.74) is 0. The molecule has 0 spiro atoms. The Balaban J connectivity index is 5.24. The molecule has 0 amide bonds. The average Bonchev–Trinajstić information content (AvgIpc) is 0.903. The van der Waals surface area contributed by atoms with E-state index in [4.69, 9.17) is 37.0 Å². The third-order valence-corrected chi connectivity index (χ3v) is 23.0. The Hall–Kier alpha value is -1.94. The van der Waals surface area contributed by atoms with Gasteiger partial charge in [-0.1, -0.05) is 426 Å². The lowest BCUT2D eigenvalue weighted by molar-refractivity contribution is -0.161. The van der Waals surface area contributed by atoms with Gasteiger partial charge in [-0.05, 0) is 31.6 Å². The zero-order valence-electron chi connectivity index (χ0n) is 70.3. The number of hydrogen-bond donors (Lipinski definition) is 3. The van der Waals surface area contributed by atoms with Gasteiger partial charge in [0.15, 0.2) is 12.2 Å². The first-order valence-corrected chi connectivity index (χ1v) is 48.7. The van der Waals surface area contributed by atoms with Crippen LogP contribution in [0.3, 0.4) is 0 Å². The number of phosphoric ester groups is 2. The second-order valence-corrected chi connectivity index (χ2v) is 34.8. The molecule has 0 radical (unpaired) electrons. The summed E-state index contributed by atoms with van der Waals surface area (Å²) in [6.45, 7) is 7.44. The van der Waals surface area contributed by atoms with E-state index in [0.29, 0.717) is 25.7 Å². The summed E-state index contributed by atoms with van der Waals surface area (Å²) < 4.78 is 69.0. The molecule has 19 heteroatoms. The highest BCUT2D eigenvalue weighted by Gasteiger charge is 2.30. The molecule has 636 valence electrons. The van der Waals surface area contributed by atoms with Crippen molar-refractivity contribution in [2.45, 2.75) is 496 Å². The van der Waals surface area contributed by atoms with Crippen molar-refractivity contribution in [2.75, 3.05) is 39.6 Å². The minimum atomic E-state index is -4.97. The fourth-order valence-electron chi connectivity index (χ4n) is 13.8. The van der Waals surface area contributed by atoms with Crippen LogP contribution in [0, 0.1) is 5.92 Å². The number of phosphoric acid groups is 2.